The van der Waals surface area contributed by atoms with Gasteiger partial charge in [0.25, 0.3) is 0 Å². The molecule has 2 aromatic rings. The first-order valence-electron chi connectivity index (χ1n) is 10.3. The highest BCUT2D eigenvalue weighted by atomic mass is 35.5. The number of rotatable bonds is 11. The van der Waals surface area contributed by atoms with Gasteiger partial charge in [-0.2, -0.15) is 0 Å². The summed E-state index contributed by atoms with van der Waals surface area (Å²) in [6.07, 6.45) is 2.98. The second-order valence-electron chi connectivity index (χ2n) is 8.25. The normalized spacial score (nSPS) is 12.4. The van der Waals surface area contributed by atoms with Gasteiger partial charge in [0, 0.05) is 36.9 Å². The molecule has 1 atom stereocenters. The standard InChI is InChI=1S/C24H29ClFNO4S/c1-16(12-23(28)29)6-5-7-17(2)21-13-20(26)14-22(32(4,30)31)24(21)27(3)15-18-8-10-19(25)11-9-18/h8-11,13-14,16H,2,5-7,12,15H2,1,3-4H3,(H,28,29)/t16-/m0/s1. The molecule has 174 valence electrons. The average Bonchev–Trinajstić information content (AvgIpc) is 2.67. The van der Waals surface area contributed by atoms with E-state index in [9.17, 15) is 17.6 Å². The zero-order chi connectivity index (χ0) is 24.1. The number of halogens is 2. The Morgan fingerprint density at radius 1 is 1.25 bits per heavy atom. The number of hydrogen-bond acceptors (Lipinski definition) is 4. The molecule has 8 heteroatoms. The smallest absolute Gasteiger partial charge is 0.303 e. The molecular weight excluding hydrogens is 453 g/mol. The summed E-state index contributed by atoms with van der Waals surface area (Å²) in [7, 11) is -1.96. The van der Waals surface area contributed by atoms with Crippen LogP contribution in [0.4, 0.5) is 10.1 Å². The lowest BCUT2D eigenvalue weighted by molar-refractivity contribution is -0.138. The summed E-state index contributed by atoms with van der Waals surface area (Å²) in [6, 6.07) is 9.55. The molecule has 32 heavy (non-hydrogen) atoms. The molecule has 0 amide bonds. The van der Waals surface area contributed by atoms with Crippen LogP contribution in [0.1, 0.15) is 43.7 Å². The maximum atomic E-state index is 14.4. The summed E-state index contributed by atoms with van der Waals surface area (Å²) >= 11 is 5.95. The van der Waals surface area contributed by atoms with E-state index in [2.05, 4.69) is 6.58 Å². The second-order valence-corrected chi connectivity index (χ2v) is 10.7. The monoisotopic (exact) mass is 481 g/mol. The number of sulfone groups is 1. The van der Waals surface area contributed by atoms with Crippen LogP contribution < -0.4 is 4.90 Å². The molecule has 0 bridgehead atoms. The fourth-order valence-corrected chi connectivity index (χ4v) is 4.73. The lowest BCUT2D eigenvalue weighted by Crippen LogP contribution is -2.21. The number of nitrogens with zero attached hydrogens (tertiary/aromatic N) is 1. The highest BCUT2D eigenvalue weighted by Gasteiger charge is 2.23. The Balaban J connectivity index is 2.36. The van der Waals surface area contributed by atoms with Crippen LogP contribution in [0, 0.1) is 11.7 Å². The van der Waals surface area contributed by atoms with Crippen LogP contribution >= 0.6 is 11.6 Å². The predicted octanol–water partition coefficient (Wildman–Crippen LogP) is 5.81. The van der Waals surface area contributed by atoms with Crippen molar-refractivity contribution in [3.63, 3.8) is 0 Å². The van der Waals surface area contributed by atoms with E-state index in [1.165, 1.54) is 6.07 Å². The summed E-state index contributed by atoms with van der Waals surface area (Å²) in [5, 5.41) is 9.51. The molecule has 2 aromatic carbocycles. The van der Waals surface area contributed by atoms with Crippen molar-refractivity contribution in [3.8, 4) is 0 Å². The van der Waals surface area contributed by atoms with Gasteiger partial charge in [-0.15, -0.1) is 0 Å². The van der Waals surface area contributed by atoms with E-state index in [1.807, 2.05) is 19.1 Å². The first-order chi connectivity index (χ1) is 14.9. The molecule has 0 aromatic heterocycles. The quantitative estimate of drug-likeness (QED) is 0.438. The number of aliphatic carboxylic acids is 1. The fourth-order valence-electron chi connectivity index (χ4n) is 3.66. The van der Waals surface area contributed by atoms with Crippen molar-refractivity contribution in [3.05, 3.63) is 64.9 Å². The molecular formula is C24H29ClFNO4S. The Morgan fingerprint density at radius 3 is 2.44 bits per heavy atom. The van der Waals surface area contributed by atoms with E-state index < -0.39 is 21.6 Å². The van der Waals surface area contributed by atoms with Gasteiger partial charge in [-0.3, -0.25) is 4.79 Å². The van der Waals surface area contributed by atoms with Gasteiger partial charge in [0.2, 0.25) is 0 Å². The molecule has 0 unspecified atom stereocenters. The van der Waals surface area contributed by atoms with Gasteiger partial charge < -0.3 is 10.0 Å². The molecule has 0 aliphatic heterocycles. The van der Waals surface area contributed by atoms with E-state index in [0.29, 0.717) is 47.7 Å². The Labute approximate surface area is 194 Å². The summed E-state index contributed by atoms with van der Waals surface area (Å²) < 4.78 is 39.4. The molecule has 0 heterocycles. The van der Waals surface area contributed by atoms with Crippen molar-refractivity contribution < 1.29 is 22.7 Å². The Morgan fingerprint density at radius 2 is 1.88 bits per heavy atom. The van der Waals surface area contributed by atoms with Crippen LogP contribution in [0.2, 0.25) is 5.02 Å². The third kappa shape index (κ3) is 7.35. The Bertz CT molecular complexity index is 1080. The lowest BCUT2D eigenvalue weighted by Gasteiger charge is -2.26. The largest absolute Gasteiger partial charge is 0.481 e. The third-order valence-corrected chi connectivity index (χ3v) is 6.60. The van der Waals surface area contributed by atoms with Crippen LogP contribution in [-0.2, 0) is 21.2 Å². The van der Waals surface area contributed by atoms with E-state index in [0.717, 1.165) is 17.9 Å². The summed E-state index contributed by atoms with van der Waals surface area (Å²) in [6.45, 7) is 6.34. The van der Waals surface area contributed by atoms with Crippen molar-refractivity contribution in [1.82, 2.24) is 0 Å². The highest BCUT2D eigenvalue weighted by Crippen LogP contribution is 2.36. The molecule has 0 saturated carbocycles. The molecule has 0 saturated heterocycles. The molecule has 0 aliphatic rings. The molecule has 2 rings (SSSR count). The second kappa shape index (κ2) is 11.0. The van der Waals surface area contributed by atoms with Crippen molar-refractivity contribution in [1.29, 1.82) is 0 Å². The minimum Gasteiger partial charge on any atom is -0.481 e. The van der Waals surface area contributed by atoms with Gasteiger partial charge in [0.15, 0.2) is 9.84 Å². The fraction of sp³-hybridized carbons (Fsp3) is 0.375. The zero-order valence-electron chi connectivity index (χ0n) is 18.6. The van der Waals surface area contributed by atoms with Gasteiger partial charge in [-0.05, 0) is 60.6 Å². The van der Waals surface area contributed by atoms with Crippen molar-refractivity contribution in [2.45, 2.75) is 44.0 Å². The number of carboxylic acid groups (broad SMARTS) is 1. The van der Waals surface area contributed by atoms with Crippen LogP contribution in [0.15, 0.2) is 47.9 Å². The highest BCUT2D eigenvalue weighted by molar-refractivity contribution is 7.90. The van der Waals surface area contributed by atoms with Gasteiger partial charge >= 0.3 is 5.97 Å². The van der Waals surface area contributed by atoms with Gasteiger partial charge in [-0.1, -0.05) is 37.2 Å². The van der Waals surface area contributed by atoms with Crippen LogP contribution in [0.5, 0.6) is 0 Å². The van der Waals surface area contributed by atoms with Crippen LogP contribution in [-0.4, -0.2) is 32.8 Å². The van der Waals surface area contributed by atoms with Crippen molar-refractivity contribution in [2.24, 2.45) is 5.92 Å². The topological polar surface area (TPSA) is 74.7 Å². The number of benzene rings is 2. The number of allylic oxidation sites excluding steroid dienone is 1. The third-order valence-electron chi connectivity index (χ3n) is 5.23. The number of anilines is 1. The van der Waals surface area contributed by atoms with Gasteiger partial charge in [-0.25, -0.2) is 12.8 Å². The number of hydrogen-bond donors (Lipinski definition) is 1. The summed E-state index contributed by atoms with van der Waals surface area (Å²) in [5.74, 6) is -1.48. The summed E-state index contributed by atoms with van der Waals surface area (Å²) in [5.41, 5.74) is 2.36. The predicted molar refractivity (Wildman–Crippen MR) is 127 cm³/mol. The first kappa shape index (κ1) is 25.9. The average molecular weight is 482 g/mol. The molecule has 1 N–H and O–H groups in total. The van der Waals surface area contributed by atoms with E-state index in [4.69, 9.17) is 16.7 Å². The maximum Gasteiger partial charge on any atom is 0.303 e. The minimum atomic E-state index is -3.71. The SMILES string of the molecule is C=C(CCC[C@H](C)CC(=O)O)c1cc(F)cc(S(C)(=O)=O)c1N(C)Cc1ccc(Cl)cc1. The Hall–Kier alpha value is -2.38. The zero-order valence-corrected chi connectivity index (χ0v) is 20.1. The van der Waals surface area contributed by atoms with E-state index in [-0.39, 0.29) is 17.2 Å². The van der Waals surface area contributed by atoms with Crippen molar-refractivity contribution >= 4 is 38.7 Å². The minimum absolute atomic E-state index is 0.00596. The van der Waals surface area contributed by atoms with E-state index in [1.54, 1.807) is 24.1 Å². The summed E-state index contributed by atoms with van der Waals surface area (Å²) in [4.78, 5) is 12.5. The first-order valence-corrected chi connectivity index (χ1v) is 12.5. The van der Waals surface area contributed by atoms with Crippen LogP contribution in [0.25, 0.3) is 5.57 Å². The molecule has 5 nitrogen and oxygen atoms in total. The molecule has 0 spiro atoms. The molecule has 0 radical (unpaired) electrons. The number of carboxylic acids is 1. The number of carbonyl (C=O) groups is 1. The van der Waals surface area contributed by atoms with Gasteiger partial charge in [0.05, 0.1) is 10.6 Å². The molecule has 0 fully saturated rings. The van der Waals surface area contributed by atoms with Crippen LogP contribution in [0.3, 0.4) is 0 Å². The van der Waals surface area contributed by atoms with Gasteiger partial charge in [0.1, 0.15) is 5.82 Å². The van der Waals surface area contributed by atoms with E-state index >= 15 is 0 Å². The van der Waals surface area contributed by atoms with Crippen molar-refractivity contribution in [2.75, 3.05) is 18.2 Å². The maximum absolute atomic E-state index is 14.4. The lowest BCUT2D eigenvalue weighted by atomic mass is 9.95. The molecule has 0 aliphatic carbocycles. The Kier molecular flexibility index (Phi) is 8.87.